The van der Waals surface area contributed by atoms with Crippen molar-refractivity contribution in [2.45, 2.75) is 58.5 Å². The van der Waals surface area contributed by atoms with Gasteiger partial charge in [-0.05, 0) is 30.7 Å². The molecule has 0 N–H and O–H groups in total. The van der Waals surface area contributed by atoms with Crippen LogP contribution in [0.25, 0.3) is 11.3 Å². The first-order valence-electron chi connectivity index (χ1n) is 11.3. The van der Waals surface area contributed by atoms with Crippen molar-refractivity contribution in [3.63, 3.8) is 0 Å². The van der Waals surface area contributed by atoms with Gasteiger partial charge in [-0.3, -0.25) is 19.2 Å². The third-order valence-corrected chi connectivity index (χ3v) is 5.68. The van der Waals surface area contributed by atoms with Gasteiger partial charge in [0.05, 0.1) is 26.0 Å². The molecular weight excluding hydrogens is 474 g/mol. The first-order chi connectivity index (χ1) is 17.1. The molecule has 0 bridgehead atoms. The largest absolute Gasteiger partial charge is 0.497 e. The van der Waals surface area contributed by atoms with E-state index in [1.165, 1.54) is 32.4 Å². The fourth-order valence-electron chi connectivity index (χ4n) is 4.25. The van der Waals surface area contributed by atoms with Crippen molar-refractivity contribution in [3.05, 3.63) is 30.5 Å². The van der Waals surface area contributed by atoms with Crippen LogP contribution in [0, 0.1) is 5.92 Å². The van der Waals surface area contributed by atoms with Gasteiger partial charge in [0, 0.05) is 39.2 Å². The molecule has 0 spiro atoms. The molecule has 0 saturated heterocycles. The number of aromatic nitrogens is 3. The second-order valence-electron chi connectivity index (χ2n) is 8.40. The molecule has 1 aliphatic carbocycles. The van der Waals surface area contributed by atoms with Crippen LogP contribution in [0.2, 0.25) is 0 Å². The number of ether oxygens (including phenoxy) is 5. The van der Waals surface area contributed by atoms with E-state index in [1.807, 2.05) is 12.1 Å². The van der Waals surface area contributed by atoms with Gasteiger partial charge in [-0.25, -0.2) is 4.68 Å². The summed E-state index contributed by atoms with van der Waals surface area (Å²) in [5, 5.41) is 8.47. The van der Waals surface area contributed by atoms with Crippen LogP contribution in [0.3, 0.4) is 0 Å². The van der Waals surface area contributed by atoms with Gasteiger partial charge in [0.25, 0.3) is 0 Å². The van der Waals surface area contributed by atoms with Crippen LogP contribution >= 0.6 is 0 Å². The minimum atomic E-state index is -1.18. The van der Waals surface area contributed by atoms with Crippen LogP contribution in [0.4, 0.5) is 0 Å². The molecule has 1 saturated carbocycles. The lowest BCUT2D eigenvalue weighted by molar-refractivity contribution is -0.207. The van der Waals surface area contributed by atoms with E-state index in [9.17, 15) is 19.2 Å². The number of nitrogens with zero attached hydrogens (tertiary/aromatic N) is 3. The fraction of sp³-hybridized carbons (Fsp3) is 0.500. The van der Waals surface area contributed by atoms with E-state index >= 15 is 0 Å². The minimum absolute atomic E-state index is 0.117. The van der Waals surface area contributed by atoms with Crippen molar-refractivity contribution in [2.75, 3.05) is 13.7 Å². The summed E-state index contributed by atoms with van der Waals surface area (Å²) >= 11 is 0. The summed E-state index contributed by atoms with van der Waals surface area (Å²) in [6.45, 7) is 4.76. The van der Waals surface area contributed by atoms with Crippen molar-refractivity contribution < 1.29 is 42.9 Å². The normalized spacial score (nSPS) is 23.3. The second-order valence-corrected chi connectivity index (χ2v) is 8.40. The third kappa shape index (κ3) is 6.58. The fourth-order valence-corrected chi connectivity index (χ4v) is 4.25. The number of carbonyl (C=O) groups excluding carboxylic acids is 4. The Bertz CT molecular complexity index is 1100. The molecule has 1 aliphatic rings. The zero-order valence-corrected chi connectivity index (χ0v) is 20.7. The molecule has 2 aromatic rings. The lowest BCUT2D eigenvalue weighted by atomic mass is 9.79. The van der Waals surface area contributed by atoms with Gasteiger partial charge in [0.15, 0.2) is 12.2 Å². The summed E-state index contributed by atoms with van der Waals surface area (Å²) in [6.07, 6.45) is -1.39. The molecule has 3 rings (SSSR count). The van der Waals surface area contributed by atoms with Crippen molar-refractivity contribution in [1.82, 2.24) is 15.0 Å². The summed E-state index contributed by atoms with van der Waals surface area (Å²) in [7, 11) is 1.57. The van der Waals surface area contributed by atoms with Crippen molar-refractivity contribution in [2.24, 2.45) is 5.92 Å². The van der Waals surface area contributed by atoms with Gasteiger partial charge in [0.1, 0.15) is 17.5 Å². The first-order valence-corrected chi connectivity index (χ1v) is 11.3. The average Bonchev–Trinajstić information content (AvgIpc) is 3.29. The number of methoxy groups -OCH3 is 1. The van der Waals surface area contributed by atoms with E-state index in [0.717, 1.165) is 5.56 Å². The molecule has 0 radical (unpaired) electrons. The van der Waals surface area contributed by atoms with Gasteiger partial charge in [-0.2, -0.15) is 0 Å². The van der Waals surface area contributed by atoms with Crippen LogP contribution in [-0.2, 0) is 38.1 Å². The predicted octanol–water partition coefficient (Wildman–Crippen LogP) is 1.87. The van der Waals surface area contributed by atoms with Crippen LogP contribution in [-0.4, -0.2) is 70.9 Å². The molecule has 0 amide bonds. The topological polar surface area (TPSA) is 145 Å². The number of benzene rings is 1. The SMILES string of the molecule is COc1ccc(-c2cn([C@H]3C[C@H](COC(C)=O)[C@@H](OC(C)=O)[C@H](OC(C)=O)[C@H]3OC(C)=O)nn2)cc1. The van der Waals surface area contributed by atoms with Crippen molar-refractivity contribution in [3.8, 4) is 17.0 Å². The predicted molar refractivity (Wildman–Crippen MR) is 122 cm³/mol. The Hall–Kier alpha value is -3.96. The Morgan fingerprint density at radius 2 is 1.44 bits per heavy atom. The Labute approximate surface area is 207 Å². The molecule has 12 heteroatoms. The van der Waals surface area contributed by atoms with Crippen molar-refractivity contribution >= 4 is 23.9 Å². The number of hydrogen-bond acceptors (Lipinski definition) is 11. The molecule has 1 heterocycles. The molecule has 36 heavy (non-hydrogen) atoms. The van der Waals surface area contributed by atoms with Crippen LogP contribution < -0.4 is 4.74 Å². The Kier molecular flexibility index (Phi) is 8.62. The minimum Gasteiger partial charge on any atom is -0.497 e. The molecule has 12 nitrogen and oxygen atoms in total. The Morgan fingerprint density at radius 1 is 0.861 bits per heavy atom. The number of esters is 4. The highest BCUT2D eigenvalue weighted by atomic mass is 16.6. The van der Waals surface area contributed by atoms with Gasteiger partial charge in [-0.15, -0.1) is 5.10 Å². The van der Waals surface area contributed by atoms with E-state index in [2.05, 4.69) is 10.3 Å². The quantitative estimate of drug-likeness (QED) is 0.384. The van der Waals surface area contributed by atoms with E-state index in [1.54, 1.807) is 25.4 Å². The number of rotatable bonds is 8. The third-order valence-electron chi connectivity index (χ3n) is 5.68. The molecule has 194 valence electrons. The van der Waals surface area contributed by atoms with Gasteiger partial charge >= 0.3 is 23.9 Å². The maximum atomic E-state index is 12.0. The molecule has 1 aromatic carbocycles. The first kappa shape index (κ1) is 26.6. The Morgan fingerprint density at radius 3 is 2.00 bits per heavy atom. The molecule has 1 fully saturated rings. The molecule has 0 aliphatic heterocycles. The smallest absolute Gasteiger partial charge is 0.303 e. The van der Waals surface area contributed by atoms with Crippen LogP contribution in [0.1, 0.15) is 40.2 Å². The second kappa shape index (κ2) is 11.6. The zero-order chi connectivity index (χ0) is 26.4. The molecule has 5 atom stereocenters. The van der Waals surface area contributed by atoms with E-state index in [-0.39, 0.29) is 13.0 Å². The Balaban J connectivity index is 2.02. The standard InChI is InChI=1S/C24H29N3O9/c1-13(28)33-12-18-10-21(27-11-20(25-26-27)17-6-8-19(32-5)9-7-17)23(35-15(3)30)24(36-16(4)31)22(18)34-14(2)29/h6-9,11,18,21-24H,10,12H2,1-5H3/t18-,21+,22-,23+,24+/m1/s1. The highest BCUT2D eigenvalue weighted by Crippen LogP contribution is 2.39. The van der Waals surface area contributed by atoms with E-state index < -0.39 is 54.1 Å². The van der Waals surface area contributed by atoms with Crippen LogP contribution in [0.15, 0.2) is 30.5 Å². The van der Waals surface area contributed by atoms with Gasteiger partial charge < -0.3 is 23.7 Å². The average molecular weight is 504 g/mol. The molecular formula is C24H29N3O9. The highest BCUT2D eigenvalue weighted by Gasteiger charge is 2.52. The zero-order valence-electron chi connectivity index (χ0n) is 20.7. The maximum Gasteiger partial charge on any atom is 0.303 e. The highest BCUT2D eigenvalue weighted by molar-refractivity contribution is 5.69. The lowest BCUT2D eigenvalue weighted by Crippen LogP contribution is -2.57. The molecule has 0 unspecified atom stereocenters. The van der Waals surface area contributed by atoms with Crippen LogP contribution in [0.5, 0.6) is 5.75 Å². The van der Waals surface area contributed by atoms with Crippen molar-refractivity contribution in [1.29, 1.82) is 0 Å². The summed E-state index contributed by atoms with van der Waals surface area (Å²) < 4.78 is 28.5. The summed E-state index contributed by atoms with van der Waals surface area (Å²) in [6, 6.07) is 6.53. The summed E-state index contributed by atoms with van der Waals surface area (Å²) in [5.41, 5.74) is 1.31. The van der Waals surface area contributed by atoms with Gasteiger partial charge in [0.2, 0.25) is 0 Å². The van der Waals surface area contributed by atoms with Gasteiger partial charge in [-0.1, -0.05) is 5.21 Å². The summed E-state index contributed by atoms with van der Waals surface area (Å²) in [5.74, 6) is -2.36. The van der Waals surface area contributed by atoms with E-state index in [0.29, 0.717) is 11.4 Å². The molecule has 1 aromatic heterocycles. The maximum absolute atomic E-state index is 12.0. The summed E-state index contributed by atoms with van der Waals surface area (Å²) in [4.78, 5) is 47.5. The monoisotopic (exact) mass is 503 g/mol. The number of carbonyl (C=O) groups is 4. The number of hydrogen-bond donors (Lipinski definition) is 0. The lowest BCUT2D eigenvalue weighted by Gasteiger charge is -2.44. The van der Waals surface area contributed by atoms with E-state index in [4.69, 9.17) is 23.7 Å².